The van der Waals surface area contributed by atoms with Crippen molar-refractivity contribution in [2.45, 2.75) is 10.8 Å². The summed E-state index contributed by atoms with van der Waals surface area (Å²) in [6.07, 6.45) is 1.54. The molecule has 0 unspecified atom stereocenters. The zero-order valence-corrected chi connectivity index (χ0v) is 18.0. The highest BCUT2D eigenvalue weighted by molar-refractivity contribution is 7.98. The standard InChI is InChI=1S/C23H19N5O3S/c1-26-21(30)19-11-15(7-8-27-19)14-32-23-18(13-25)20(16-5-3-2-4-6-16)17(12-24)22(28-23)31-10-9-29/h2-8,11,29H,9-10,14H2,1H3,(H,26,30). The first-order chi connectivity index (χ1) is 15.6. The van der Waals surface area contributed by atoms with Crippen LogP contribution in [0.4, 0.5) is 0 Å². The summed E-state index contributed by atoms with van der Waals surface area (Å²) in [5.41, 5.74) is 2.62. The fraction of sp³-hybridized carbons (Fsp3) is 0.174. The number of thioether (sulfide) groups is 1. The molecule has 3 aromatic rings. The van der Waals surface area contributed by atoms with Gasteiger partial charge in [0.1, 0.15) is 35.0 Å². The van der Waals surface area contributed by atoms with Crippen LogP contribution in [0.15, 0.2) is 53.7 Å². The number of nitrogens with zero attached hydrogens (tertiary/aromatic N) is 4. The summed E-state index contributed by atoms with van der Waals surface area (Å²) in [4.78, 5) is 20.3. The van der Waals surface area contributed by atoms with Crippen molar-refractivity contribution in [3.05, 3.63) is 71.0 Å². The number of carbonyl (C=O) groups is 1. The number of amides is 1. The molecule has 1 aromatic carbocycles. The molecule has 32 heavy (non-hydrogen) atoms. The molecule has 0 fully saturated rings. The van der Waals surface area contributed by atoms with Crippen LogP contribution in [0.2, 0.25) is 0 Å². The Morgan fingerprint density at radius 2 is 1.94 bits per heavy atom. The third-order valence-corrected chi connectivity index (χ3v) is 5.45. The van der Waals surface area contributed by atoms with E-state index in [2.05, 4.69) is 27.4 Å². The second-order valence-corrected chi connectivity index (χ2v) is 7.39. The van der Waals surface area contributed by atoms with E-state index in [1.165, 1.54) is 18.8 Å². The lowest BCUT2D eigenvalue weighted by Crippen LogP contribution is -2.19. The van der Waals surface area contributed by atoms with Crippen LogP contribution in [0.25, 0.3) is 11.1 Å². The largest absolute Gasteiger partial charge is 0.474 e. The Labute approximate surface area is 189 Å². The van der Waals surface area contributed by atoms with Gasteiger partial charge in [-0.3, -0.25) is 9.78 Å². The van der Waals surface area contributed by atoms with Gasteiger partial charge in [-0.2, -0.15) is 10.5 Å². The summed E-state index contributed by atoms with van der Waals surface area (Å²) < 4.78 is 5.53. The molecular weight excluding hydrogens is 426 g/mol. The number of nitrogens with one attached hydrogen (secondary N) is 1. The number of ether oxygens (including phenoxy) is 1. The van der Waals surface area contributed by atoms with E-state index in [-0.39, 0.29) is 41.8 Å². The molecule has 160 valence electrons. The molecule has 0 spiro atoms. The Morgan fingerprint density at radius 1 is 1.19 bits per heavy atom. The Morgan fingerprint density at radius 3 is 2.59 bits per heavy atom. The van der Waals surface area contributed by atoms with Crippen LogP contribution in [-0.2, 0) is 5.75 Å². The number of hydrogen-bond donors (Lipinski definition) is 2. The molecule has 0 saturated carbocycles. The first kappa shape index (κ1) is 22.8. The molecule has 0 saturated heterocycles. The highest BCUT2D eigenvalue weighted by Gasteiger charge is 2.22. The number of aliphatic hydroxyl groups excluding tert-OH is 1. The molecule has 0 aliphatic carbocycles. The highest BCUT2D eigenvalue weighted by atomic mass is 32.2. The third kappa shape index (κ3) is 5.03. The molecule has 9 heteroatoms. The molecule has 1 amide bonds. The highest BCUT2D eigenvalue weighted by Crippen LogP contribution is 2.38. The molecule has 0 bridgehead atoms. The minimum atomic E-state index is -0.294. The third-order valence-electron chi connectivity index (χ3n) is 4.41. The van der Waals surface area contributed by atoms with Crippen LogP contribution in [0.3, 0.4) is 0 Å². The molecule has 0 aliphatic rings. The molecule has 3 rings (SSSR count). The molecule has 2 aromatic heterocycles. The van der Waals surface area contributed by atoms with Gasteiger partial charge in [0, 0.05) is 24.6 Å². The monoisotopic (exact) mass is 445 g/mol. The second kappa shape index (κ2) is 10.9. The minimum absolute atomic E-state index is 0.0360. The quantitative estimate of drug-likeness (QED) is 0.506. The number of carbonyl (C=O) groups excluding carboxylic acids is 1. The predicted octanol–water partition coefficient (Wildman–Crippen LogP) is 2.91. The van der Waals surface area contributed by atoms with Gasteiger partial charge in [-0.15, -0.1) is 11.8 Å². The van der Waals surface area contributed by atoms with Gasteiger partial charge >= 0.3 is 0 Å². The van der Waals surface area contributed by atoms with Crippen molar-refractivity contribution in [3.63, 3.8) is 0 Å². The van der Waals surface area contributed by atoms with Crippen molar-refractivity contribution in [2.75, 3.05) is 20.3 Å². The number of nitriles is 2. The van der Waals surface area contributed by atoms with E-state index in [4.69, 9.17) is 9.84 Å². The van der Waals surface area contributed by atoms with Gasteiger partial charge in [0.15, 0.2) is 0 Å². The number of aliphatic hydroxyl groups is 1. The van der Waals surface area contributed by atoms with Gasteiger partial charge in [-0.25, -0.2) is 4.98 Å². The van der Waals surface area contributed by atoms with Crippen molar-refractivity contribution in [3.8, 4) is 29.1 Å². The average Bonchev–Trinajstić information content (AvgIpc) is 2.85. The molecule has 8 nitrogen and oxygen atoms in total. The van der Waals surface area contributed by atoms with E-state index < -0.39 is 0 Å². The van der Waals surface area contributed by atoms with E-state index in [0.717, 1.165) is 5.56 Å². The van der Waals surface area contributed by atoms with Gasteiger partial charge in [0.05, 0.1) is 12.2 Å². The first-order valence-corrected chi connectivity index (χ1v) is 10.6. The van der Waals surface area contributed by atoms with Crippen LogP contribution in [0.5, 0.6) is 5.88 Å². The molecule has 2 heterocycles. The number of rotatable bonds is 8. The van der Waals surface area contributed by atoms with Gasteiger partial charge < -0.3 is 15.2 Å². The Balaban J connectivity index is 2.06. The summed E-state index contributed by atoms with van der Waals surface area (Å²) in [5.74, 6) is 0.174. The number of benzene rings is 1. The SMILES string of the molecule is CNC(=O)c1cc(CSc2nc(OCCO)c(C#N)c(-c3ccccc3)c2C#N)ccn1. The molecular formula is C23H19N5O3S. The van der Waals surface area contributed by atoms with Gasteiger partial charge in [-0.05, 0) is 23.3 Å². The zero-order valence-electron chi connectivity index (χ0n) is 17.2. The fourth-order valence-corrected chi connectivity index (χ4v) is 3.89. The molecule has 0 radical (unpaired) electrons. The summed E-state index contributed by atoms with van der Waals surface area (Å²) in [7, 11) is 1.53. The summed E-state index contributed by atoms with van der Waals surface area (Å²) in [6.45, 7) is -0.277. The van der Waals surface area contributed by atoms with Crippen molar-refractivity contribution < 1.29 is 14.6 Å². The number of hydrogen-bond acceptors (Lipinski definition) is 8. The van der Waals surface area contributed by atoms with Crippen molar-refractivity contribution in [1.29, 1.82) is 10.5 Å². The molecule has 0 aliphatic heterocycles. The van der Waals surface area contributed by atoms with Crippen LogP contribution < -0.4 is 10.1 Å². The van der Waals surface area contributed by atoms with Crippen LogP contribution in [-0.4, -0.2) is 41.2 Å². The van der Waals surface area contributed by atoms with Crippen LogP contribution in [0.1, 0.15) is 27.2 Å². The smallest absolute Gasteiger partial charge is 0.269 e. The molecule has 0 atom stereocenters. The zero-order chi connectivity index (χ0) is 22.9. The lowest BCUT2D eigenvalue weighted by Gasteiger charge is -2.15. The average molecular weight is 446 g/mol. The van der Waals surface area contributed by atoms with E-state index in [9.17, 15) is 15.3 Å². The van der Waals surface area contributed by atoms with E-state index >= 15 is 0 Å². The molecule has 2 N–H and O–H groups in total. The Hall–Kier alpha value is -3.92. The number of pyridine rings is 2. The number of aromatic nitrogens is 2. The van der Waals surface area contributed by atoms with E-state index in [0.29, 0.717) is 21.9 Å². The predicted molar refractivity (Wildman–Crippen MR) is 119 cm³/mol. The fourth-order valence-electron chi connectivity index (χ4n) is 2.96. The lowest BCUT2D eigenvalue weighted by molar-refractivity contribution is 0.0958. The van der Waals surface area contributed by atoms with Crippen LogP contribution >= 0.6 is 11.8 Å². The van der Waals surface area contributed by atoms with Gasteiger partial charge in [0.25, 0.3) is 5.91 Å². The summed E-state index contributed by atoms with van der Waals surface area (Å²) >= 11 is 1.28. The summed E-state index contributed by atoms with van der Waals surface area (Å²) in [6, 6.07) is 16.8. The maximum atomic E-state index is 11.9. The normalized spacial score (nSPS) is 10.1. The van der Waals surface area contributed by atoms with Crippen LogP contribution in [0, 0.1) is 22.7 Å². The minimum Gasteiger partial charge on any atom is -0.474 e. The van der Waals surface area contributed by atoms with Crippen molar-refractivity contribution in [1.82, 2.24) is 15.3 Å². The van der Waals surface area contributed by atoms with Gasteiger partial charge in [-0.1, -0.05) is 30.3 Å². The maximum Gasteiger partial charge on any atom is 0.269 e. The first-order valence-electron chi connectivity index (χ1n) is 9.60. The second-order valence-electron chi connectivity index (χ2n) is 6.43. The maximum absolute atomic E-state index is 11.9. The summed E-state index contributed by atoms with van der Waals surface area (Å²) in [5, 5.41) is 31.8. The Bertz CT molecular complexity index is 1200. The van der Waals surface area contributed by atoms with Crippen molar-refractivity contribution >= 4 is 17.7 Å². The lowest BCUT2D eigenvalue weighted by atomic mass is 9.97. The Kier molecular flexibility index (Phi) is 7.76. The van der Waals surface area contributed by atoms with Crippen molar-refractivity contribution in [2.24, 2.45) is 0 Å². The van der Waals surface area contributed by atoms with E-state index in [1.807, 2.05) is 18.2 Å². The van der Waals surface area contributed by atoms with E-state index in [1.54, 1.807) is 30.5 Å². The van der Waals surface area contributed by atoms with Gasteiger partial charge in [0.2, 0.25) is 5.88 Å². The topological polar surface area (TPSA) is 132 Å².